The fourth-order valence-corrected chi connectivity index (χ4v) is 2.72. The van der Waals surface area contributed by atoms with Crippen LogP contribution in [0, 0.1) is 0 Å². The quantitative estimate of drug-likeness (QED) is 0.798. The number of hydrogen-bond acceptors (Lipinski definition) is 4. The van der Waals surface area contributed by atoms with Crippen molar-refractivity contribution in [2.45, 2.75) is 12.5 Å². The highest BCUT2D eigenvalue weighted by Crippen LogP contribution is 2.20. The first-order valence-electron chi connectivity index (χ1n) is 6.71. The van der Waals surface area contributed by atoms with E-state index in [1.54, 1.807) is 19.3 Å². The maximum Gasteiger partial charge on any atom is 0.322 e. The number of benzene rings is 1. The van der Waals surface area contributed by atoms with Gasteiger partial charge in [-0.25, -0.2) is 0 Å². The number of methoxy groups -OCH3 is 1. The van der Waals surface area contributed by atoms with E-state index in [-0.39, 0.29) is 18.0 Å². The Morgan fingerprint density at radius 1 is 1.35 bits per heavy atom. The molecular formula is C16H18BrClN2O3. The maximum atomic E-state index is 12.2. The summed E-state index contributed by atoms with van der Waals surface area (Å²) in [5, 5.41) is 0. The van der Waals surface area contributed by atoms with Gasteiger partial charge in [0.1, 0.15) is 6.04 Å². The topological polar surface area (TPSA) is 74.3 Å². The summed E-state index contributed by atoms with van der Waals surface area (Å²) >= 11 is 3.39. The van der Waals surface area contributed by atoms with Crippen molar-refractivity contribution in [1.29, 1.82) is 0 Å². The van der Waals surface area contributed by atoms with E-state index in [1.807, 2.05) is 24.3 Å². The first kappa shape index (κ1) is 19.4. The van der Waals surface area contributed by atoms with E-state index in [1.165, 1.54) is 11.7 Å². The lowest BCUT2D eigenvalue weighted by Gasteiger charge is -2.10. The highest BCUT2D eigenvalue weighted by molar-refractivity contribution is 9.10. The van der Waals surface area contributed by atoms with Gasteiger partial charge < -0.3 is 15.0 Å². The van der Waals surface area contributed by atoms with Crippen molar-refractivity contribution in [1.82, 2.24) is 4.57 Å². The lowest BCUT2D eigenvalue weighted by atomic mass is 10.0. The third-order valence-electron chi connectivity index (χ3n) is 3.37. The molecule has 2 aromatic rings. The summed E-state index contributed by atoms with van der Waals surface area (Å²) < 4.78 is 6.97. The molecule has 1 aromatic heterocycles. The van der Waals surface area contributed by atoms with Gasteiger partial charge >= 0.3 is 5.97 Å². The van der Waals surface area contributed by atoms with Crippen LogP contribution in [0.3, 0.4) is 0 Å². The van der Waals surface area contributed by atoms with Gasteiger partial charge in [0, 0.05) is 23.3 Å². The van der Waals surface area contributed by atoms with Gasteiger partial charge in [0.2, 0.25) is 0 Å². The summed E-state index contributed by atoms with van der Waals surface area (Å²) in [4.78, 5) is 23.5. The number of pyridine rings is 1. The average Bonchev–Trinajstić information content (AvgIpc) is 2.50. The van der Waals surface area contributed by atoms with E-state index >= 15 is 0 Å². The molecule has 2 rings (SSSR count). The molecule has 5 nitrogen and oxygen atoms in total. The van der Waals surface area contributed by atoms with Gasteiger partial charge in [0.05, 0.1) is 7.11 Å². The minimum absolute atomic E-state index is 0. The first-order valence-corrected chi connectivity index (χ1v) is 7.50. The number of nitrogens with two attached hydrogens (primary N) is 1. The molecule has 0 bridgehead atoms. The number of nitrogens with zero attached hydrogens (tertiary/aromatic N) is 1. The molecule has 0 aliphatic rings. The molecule has 0 saturated heterocycles. The van der Waals surface area contributed by atoms with Crippen LogP contribution in [0.4, 0.5) is 0 Å². The zero-order valence-electron chi connectivity index (χ0n) is 12.8. The second-order valence-corrected chi connectivity index (χ2v) is 5.93. The molecular weight excluding hydrogens is 384 g/mol. The van der Waals surface area contributed by atoms with Crippen molar-refractivity contribution in [3.63, 3.8) is 0 Å². The molecule has 0 fully saturated rings. The zero-order chi connectivity index (χ0) is 16.3. The molecule has 23 heavy (non-hydrogen) atoms. The zero-order valence-corrected chi connectivity index (χ0v) is 15.2. The normalized spacial score (nSPS) is 11.5. The largest absolute Gasteiger partial charge is 0.468 e. The van der Waals surface area contributed by atoms with Crippen molar-refractivity contribution in [3.8, 4) is 11.1 Å². The van der Waals surface area contributed by atoms with Gasteiger partial charge in [-0.05, 0) is 39.5 Å². The molecule has 124 valence electrons. The third kappa shape index (κ3) is 4.67. The lowest BCUT2D eigenvalue weighted by molar-refractivity contribution is -0.142. The predicted molar refractivity (Wildman–Crippen MR) is 95.8 cm³/mol. The minimum Gasteiger partial charge on any atom is -0.468 e. The molecule has 0 amide bonds. The van der Waals surface area contributed by atoms with Crippen molar-refractivity contribution >= 4 is 34.3 Å². The summed E-state index contributed by atoms with van der Waals surface area (Å²) in [6.07, 6.45) is 2.11. The molecule has 0 unspecified atom stereocenters. The Morgan fingerprint density at radius 2 is 1.96 bits per heavy atom. The SMILES string of the molecule is COC(=O)[C@@H](N)Cc1ccc(-c2cc(Br)cn(C)c2=O)cc1.Cl. The first-order chi connectivity index (χ1) is 10.4. The highest BCUT2D eigenvalue weighted by atomic mass is 79.9. The molecule has 7 heteroatoms. The third-order valence-corrected chi connectivity index (χ3v) is 3.81. The van der Waals surface area contributed by atoms with Crippen molar-refractivity contribution < 1.29 is 9.53 Å². The number of carbonyl (C=O) groups excluding carboxylic acids is 1. The number of halogens is 2. The molecule has 0 aliphatic carbocycles. The smallest absolute Gasteiger partial charge is 0.322 e. The standard InChI is InChI=1S/C16H17BrN2O3.ClH/c1-19-9-12(17)8-13(15(19)20)11-5-3-10(4-6-11)7-14(18)16(21)22-2;/h3-6,8-9,14H,7,18H2,1-2H3;1H/t14-;/m0./s1. The monoisotopic (exact) mass is 400 g/mol. The molecule has 0 radical (unpaired) electrons. The number of rotatable bonds is 4. The van der Waals surface area contributed by atoms with Gasteiger partial charge in [-0.15, -0.1) is 12.4 Å². The van der Waals surface area contributed by atoms with Gasteiger partial charge in [-0.2, -0.15) is 0 Å². The number of aromatic nitrogens is 1. The van der Waals surface area contributed by atoms with Crippen LogP contribution in [0.25, 0.3) is 11.1 Å². The van der Waals surface area contributed by atoms with Gasteiger partial charge in [0.15, 0.2) is 0 Å². The summed E-state index contributed by atoms with van der Waals surface area (Å²) in [7, 11) is 3.02. The van der Waals surface area contributed by atoms with Crippen LogP contribution in [0.1, 0.15) is 5.56 Å². The number of carbonyl (C=O) groups is 1. The molecule has 2 N–H and O–H groups in total. The Labute approximate surface area is 149 Å². The summed E-state index contributed by atoms with van der Waals surface area (Å²) in [5.74, 6) is -0.440. The molecule has 1 atom stereocenters. The van der Waals surface area contributed by atoms with E-state index in [2.05, 4.69) is 20.7 Å². The van der Waals surface area contributed by atoms with E-state index in [9.17, 15) is 9.59 Å². The molecule has 0 saturated carbocycles. The number of hydrogen-bond donors (Lipinski definition) is 1. The van der Waals surface area contributed by atoms with Crippen LogP contribution in [-0.2, 0) is 23.0 Å². The Balaban J connectivity index is 0.00000264. The van der Waals surface area contributed by atoms with Crippen molar-refractivity contribution in [2.75, 3.05) is 7.11 Å². The molecule has 0 aliphatic heterocycles. The van der Waals surface area contributed by atoms with Crippen LogP contribution in [0.2, 0.25) is 0 Å². The predicted octanol–water partition coefficient (Wildman–Crippen LogP) is 2.28. The number of ether oxygens (including phenoxy) is 1. The van der Waals surface area contributed by atoms with Crippen LogP contribution >= 0.6 is 28.3 Å². The van der Waals surface area contributed by atoms with Crippen LogP contribution in [-0.4, -0.2) is 23.7 Å². The van der Waals surface area contributed by atoms with Crippen molar-refractivity contribution in [3.05, 3.63) is 56.9 Å². The Morgan fingerprint density at radius 3 is 2.52 bits per heavy atom. The second kappa shape index (κ2) is 8.29. The highest BCUT2D eigenvalue weighted by Gasteiger charge is 2.14. The van der Waals surface area contributed by atoms with E-state index in [4.69, 9.17) is 5.73 Å². The molecule has 1 aromatic carbocycles. The van der Waals surface area contributed by atoms with Crippen LogP contribution in [0.5, 0.6) is 0 Å². The lowest BCUT2D eigenvalue weighted by Crippen LogP contribution is -2.33. The Bertz CT molecular complexity index is 744. The maximum absolute atomic E-state index is 12.2. The Kier molecular flexibility index (Phi) is 7.00. The summed E-state index contributed by atoms with van der Waals surface area (Å²) in [5.41, 5.74) is 8.01. The van der Waals surface area contributed by atoms with E-state index < -0.39 is 12.0 Å². The van der Waals surface area contributed by atoms with E-state index in [0.717, 1.165) is 15.6 Å². The molecule has 1 heterocycles. The minimum atomic E-state index is -0.686. The van der Waals surface area contributed by atoms with Gasteiger partial charge in [0.25, 0.3) is 5.56 Å². The van der Waals surface area contributed by atoms with Gasteiger partial charge in [-0.1, -0.05) is 24.3 Å². The van der Waals surface area contributed by atoms with Crippen molar-refractivity contribution in [2.24, 2.45) is 12.8 Å². The fraction of sp³-hybridized carbons (Fsp3) is 0.250. The summed E-state index contributed by atoms with van der Waals surface area (Å²) in [6, 6.07) is 8.52. The van der Waals surface area contributed by atoms with Gasteiger partial charge in [-0.3, -0.25) is 9.59 Å². The van der Waals surface area contributed by atoms with Crippen LogP contribution < -0.4 is 11.3 Å². The van der Waals surface area contributed by atoms with Crippen LogP contribution in [0.15, 0.2) is 45.8 Å². The number of esters is 1. The Hall–Kier alpha value is -1.63. The molecule has 0 spiro atoms. The average molecular weight is 402 g/mol. The number of aryl methyl sites for hydroxylation is 1. The van der Waals surface area contributed by atoms with E-state index in [0.29, 0.717) is 12.0 Å². The fourth-order valence-electron chi connectivity index (χ4n) is 2.19. The summed E-state index contributed by atoms with van der Waals surface area (Å²) in [6.45, 7) is 0. The second-order valence-electron chi connectivity index (χ2n) is 5.02.